The molecule has 8 nitrogen and oxygen atoms in total. The van der Waals surface area contributed by atoms with Gasteiger partial charge in [0.15, 0.2) is 0 Å². The first-order valence-electron chi connectivity index (χ1n) is 11.4. The van der Waals surface area contributed by atoms with E-state index in [-0.39, 0.29) is 18.5 Å². The smallest absolute Gasteiger partial charge is 0.408 e. The maximum Gasteiger partial charge on any atom is 0.408 e. The number of amides is 1. The van der Waals surface area contributed by atoms with Crippen LogP contribution in [-0.4, -0.2) is 32.2 Å². The van der Waals surface area contributed by atoms with E-state index in [0.29, 0.717) is 11.3 Å². The molecule has 0 spiro atoms. The fourth-order valence-electron chi connectivity index (χ4n) is 4.58. The zero-order valence-electron chi connectivity index (χ0n) is 20.2. The molecule has 1 aliphatic carbocycles. The van der Waals surface area contributed by atoms with Crippen molar-refractivity contribution >= 4 is 11.8 Å². The Balaban J connectivity index is 1.69. The van der Waals surface area contributed by atoms with Gasteiger partial charge in [-0.1, -0.05) is 54.6 Å². The highest BCUT2D eigenvalue weighted by molar-refractivity contribution is 5.82. The number of hydrogen-bond acceptors (Lipinski definition) is 6. The molecule has 1 saturated carbocycles. The van der Waals surface area contributed by atoms with Gasteiger partial charge in [0, 0.05) is 35.6 Å². The van der Waals surface area contributed by atoms with Gasteiger partial charge in [0.1, 0.15) is 11.8 Å². The van der Waals surface area contributed by atoms with Crippen LogP contribution in [0.25, 0.3) is 22.4 Å². The molecule has 0 unspecified atom stereocenters. The van der Waals surface area contributed by atoms with Gasteiger partial charge in [-0.2, -0.15) is 0 Å². The molecular formula is C27H29N3O5. The van der Waals surface area contributed by atoms with Crippen molar-refractivity contribution in [3.05, 3.63) is 82.5 Å². The van der Waals surface area contributed by atoms with Crippen LogP contribution in [0.15, 0.2) is 66.9 Å². The van der Waals surface area contributed by atoms with Gasteiger partial charge in [-0.25, -0.2) is 9.78 Å². The molecule has 35 heavy (non-hydrogen) atoms. The average Bonchev–Trinajstić information content (AvgIpc) is 2.76. The number of rotatable bonds is 5. The van der Waals surface area contributed by atoms with Crippen molar-refractivity contribution in [2.45, 2.75) is 57.3 Å². The molecule has 1 heterocycles. The Bertz CT molecular complexity index is 1240. The molecule has 3 aromatic rings. The standard InChI is InChI=1S/C27H29N3O5/c1-25(2,3)29-24(31)35-27(16-26(4,32)17-27)20-12-10-19(11-13-20)23-22(18-8-6-5-7-9-18)14-21(15-28-23)30(33)34/h5-15,32H,16-17H2,1-4H3,(H,29,31). The Labute approximate surface area is 204 Å². The average molecular weight is 476 g/mol. The molecule has 1 fully saturated rings. The number of aliphatic hydroxyl groups is 1. The number of aromatic nitrogens is 1. The second kappa shape index (κ2) is 8.78. The van der Waals surface area contributed by atoms with E-state index in [2.05, 4.69) is 10.3 Å². The summed E-state index contributed by atoms with van der Waals surface area (Å²) < 4.78 is 5.85. The minimum atomic E-state index is -0.942. The molecule has 1 aromatic heterocycles. The summed E-state index contributed by atoms with van der Waals surface area (Å²) >= 11 is 0. The predicted octanol–water partition coefficient (Wildman–Crippen LogP) is 5.59. The fraction of sp³-hybridized carbons (Fsp3) is 0.333. The molecule has 2 N–H and O–H groups in total. The molecule has 0 radical (unpaired) electrons. The van der Waals surface area contributed by atoms with E-state index in [9.17, 15) is 20.0 Å². The van der Waals surface area contributed by atoms with Crippen molar-refractivity contribution in [3.63, 3.8) is 0 Å². The monoisotopic (exact) mass is 475 g/mol. The van der Waals surface area contributed by atoms with E-state index < -0.39 is 27.8 Å². The Morgan fingerprint density at radius 1 is 1.09 bits per heavy atom. The third-order valence-corrected chi connectivity index (χ3v) is 5.95. The molecule has 1 amide bonds. The number of nitro groups is 1. The SMILES string of the molecule is CC1(O)CC(OC(=O)NC(C)(C)C)(c2ccc(-c3ncc([N+](=O)[O-])cc3-c3ccccc3)cc2)C1. The highest BCUT2D eigenvalue weighted by atomic mass is 16.6. The summed E-state index contributed by atoms with van der Waals surface area (Å²) in [5.74, 6) is 0. The quantitative estimate of drug-likeness (QED) is 0.367. The van der Waals surface area contributed by atoms with E-state index in [1.807, 2.05) is 75.4 Å². The number of hydrogen-bond donors (Lipinski definition) is 2. The first kappa shape index (κ1) is 24.3. The highest BCUT2D eigenvalue weighted by Gasteiger charge is 2.55. The van der Waals surface area contributed by atoms with Gasteiger partial charge in [-0.15, -0.1) is 0 Å². The Morgan fingerprint density at radius 3 is 2.26 bits per heavy atom. The molecule has 182 valence electrons. The van der Waals surface area contributed by atoms with Crippen LogP contribution in [-0.2, 0) is 10.3 Å². The second-order valence-electron chi connectivity index (χ2n) is 10.4. The van der Waals surface area contributed by atoms with Gasteiger partial charge < -0.3 is 15.2 Å². The Hall–Kier alpha value is -3.78. The second-order valence-corrected chi connectivity index (χ2v) is 10.4. The van der Waals surface area contributed by atoms with Crippen molar-refractivity contribution in [1.29, 1.82) is 0 Å². The summed E-state index contributed by atoms with van der Waals surface area (Å²) in [6.07, 6.45) is 1.27. The molecule has 0 atom stereocenters. The molecule has 0 saturated heterocycles. The molecule has 0 bridgehead atoms. The van der Waals surface area contributed by atoms with Gasteiger partial charge >= 0.3 is 6.09 Å². The number of carbonyl (C=O) groups excluding carboxylic acids is 1. The van der Waals surface area contributed by atoms with Crippen molar-refractivity contribution in [1.82, 2.24) is 10.3 Å². The molecule has 8 heteroatoms. The van der Waals surface area contributed by atoms with Crippen LogP contribution >= 0.6 is 0 Å². The lowest BCUT2D eigenvalue weighted by molar-refractivity contribution is -0.385. The highest BCUT2D eigenvalue weighted by Crippen LogP contribution is 2.51. The van der Waals surface area contributed by atoms with Crippen LogP contribution in [0.5, 0.6) is 0 Å². The lowest BCUT2D eigenvalue weighted by atomic mass is 9.65. The first-order chi connectivity index (χ1) is 16.4. The third-order valence-electron chi connectivity index (χ3n) is 5.95. The predicted molar refractivity (Wildman–Crippen MR) is 133 cm³/mol. The van der Waals surface area contributed by atoms with Gasteiger partial charge in [0.05, 0.1) is 16.2 Å². The summed E-state index contributed by atoms with van der Waals surface area (Å²) in [5.41, 5.74) is 1.19. The van der Waals surface area contributed by atoms with Gasteiger partial charge in [-0.3, -0.25) is 10.1 Å². The Kier molecular flexibility index (Phi) is 6.11. The maximum atomic E-state index is 12.5. The number of benzene rings is 2. The third kappa shape index (κ3) is 5.33. The number of nitrogens with zero attached hydrogens (tertiary/aromatic N) is 2. The summed E-state index contributed by atoms with van der Waals surface area (Å²) in [6, 6.07) is 18.3. The Morgan fingerprint density at radius 2 is 1.71 bits per heavy atom. The number of ether oxygens (including phenoxy) is 1. The minimum Gasteiger partial charge on any atom is -0.438 e. The van der Waals surface area contributed by atoms with Crippen LogP contribution < -0.4 is 5.32 Å². The van der Waals surface area contributed by atoms with Crippen molar-refractivity contribution in [3.8, 4) is 22.4 Å². The number of alkyl carbamates (subject to hydrolysis) is 1. The van der Waals surface area contributed by atoms with E-state index >= 15 is 0 Å². The minimum absolute atomic E-state index is 0.0851. The summed E-state index contributed by atoms with van der Waals surface area (Å²) in [6.45, 7) is 7.33. The maximum absolute atomic E-state index is 12.5. The van der Waals surface area contributed by atoms with Crippen LogP contribution in [0.4, 0.5) is 10.5 Å². The summed E-state index contributed by atoms with van der Waals surface area (Å²) in [4.78, 5) is 27.8. The molecule has 0 aliphatic heterocycles. The van der Waals surface area contributed by atoms with Crippen LogP contribution in [0, 0.1) is 10.1 Å². The van der Waals surface area contributed by atoms with E-state index in [1.54, 1.807) is 6.92 Å². The van der Waals surface area contributed by atoms with Crippen molar-refractivity contribution in [2.24, 2.45) is 0 Å². The van der Waals surface area contributed by atoms with Crippen LogP contribution in [0.1, 0.15) is 46.1 Å². The van der Waals surface area contributed by atoms with Crippen molar-refractivity contribution in [2.75, 3.05) is 0 Å². The lowest BCUT2D eigenvalue weighted by Gasteiger charge is -2.51. The summed E-state index contributed by atoms with van der Waals surface area (Å²) in [7, 11) is 0. The molecular weight excluding hydrogens is 446 g/mol. The fourth-order valence-corrected chi connectivity index (χ4v) is 4.58. The molecule has 1 aliphatic rings. The first-order valence-corrected chi connectivity index (χ1v) is 11.4. The van der Waals surface area contributed by atoms with Crippen molar-refractivity contribution < 1.29 is 19.6 Å². The van der Waals surface area contributed by atoms with E-state index in [0.717, 1.165) is 16.7 Å². The lowest BCUT2D eigenvalue weighted by Crippen LogP contribution is -2.57. The van der Waals surface area contributed by atoms with Gasteiger partial charge in [0.25, 0.3) is 5.69 Å². The largest absolute Gasteiger partial charge is 0.438 e. The van der Waals surface area contributed by atoms with E-state index in [1.165, 1.54) is 12.3 Å². The summed E-state index contributed by atoms with van der Waals surface area (Å²) in [5, 5.41) is 24.6. The molecule has 4 rings (SSSR count). The van der Waals surface area contributed by atoms with Crippen LogP contribution in [0.2, 0.25) is 0 Å². The number of pyridine rings is 1. The zero-order valence-corrected chi connectivity index (χ0v) is 20.2. The van der Waals surface area contributed by atoms with Crippen LogP contribution in [0.3, 0.4) is 0 Å². The number of nitrogens with one attached hydrogen (secondary N) is 1. The van der Waals surface area contributed by atoms with Gasteiger partial charge in [0.2, 0.25) is 0 Å². The van der Waals surface area contributed by atoms with E-state index in [4.69, 9.17) is 4.74 Å². The topological polar surface area (TPSA) is 115 Å². The number of carbonyl (C=O) groups is 1. The zero-order chi connectivity index (χ0) is 25.4. The van der Waals surface area contributed by atoms with Gasteiger partial charge in [-0.05, 0) is 38.8 Å². The normalized spacial score (nSPS) is 21.6. The molecule has 2 aromatic carbocycles.